The van der Waals surface area contributed by atoms with Crippen molar-refractivity contribution in [1.82, 2.24) is 0 Å². The highest BCUT2D eigenvalue weighted by molar-refractivity contribution is 8.27. The second-order valence-corrected chi connectivity index (χ2v) is 10.1. The average Bonchev–Trinajstić information content (AvgIpc) is 3.15. The number of hydrogen-bond acceptors (Lipinski definition) is 6. The molecule has 4 rings (SSSR count). The van der Waals surface area contributed by atoms with E-state index in [-0.39, 0.29) is 18.4 Å². The third-order valence-electron chi connectivity index (χ3n) is 5.59. The van der Waals surface area contributed by atoms with Gasteiger partial charge in [-0.2, -0.15) is 0 Å². The molecule has 0 spiro atoms. The summed E-state index contributed by atoms with van der Waals surface area (Å²) in [7, 11) is 3.93. The van der Waals surface area contributed by atoms with E-state index in [1.807, 2.05) is 79.7 Å². The first kappa shape index (κ1) is 25.5. The van der Waals surface area contributed by atoms with Crippen LogP contribution < -0.4 is 19.9 Å². The highest BCUT2D eigenvalue weighted by atomic mass is 32.2. The van der Waals surface area contributed by atoms with Gasteiger partial charge in [0, 0.05) is 25.5 Å². The van der Waals surface area contributed by atoms with Crippen LogP contribution in [0, 0.1) is 0 Å². The van der Waals surface area contributed by atoms with Gasteiger partial charge in [-0.1, -0.05) is 55.2 Å². The molecule has 1 fully saturated rings. The minimum Gasteiger partial charge on any atom is -0.484 e. The van der Waals surface area contributed by atoms with Crippen LogP contribution in [0.15, 0.2) is 77.7 Å². The summed E-state index contributed by atoms with van der Waals surface area (Å²) < 4.78 is 6.17. The molecule has 6 nitrogen and oxygen atoms in total. The Bertz CT molecular complexity index is 1300. The number of amides is 2. The van der Waals surface area contributed by atoms with Crippen molar-refractivity contribution in [2.45, 2.75) is 13.3 Å². The van der Waals surface area contributed by atoms with E-state index >= 15 is 0 Å². The van der Waals surface area contributed by atoms with Gasteiger partial charge in [0.15, 0.2) is 10.9 Å². The van der Waals surface area contributed by atoms with Crippen molar-refractivity contribution in [3.05, 3.63) is 88.8 Å². The van der Waals surface area contributed by atoms with Gasteiger partial charge in [0.1, 0.15) is 5.75 Å². The predicted octanol–water partition coefficient (Wildman–Crippen LogP) is 5.74. The van der Waals surface area contributed by atoms with E-state index in [1.165, 1.54) is 17.3 Å². The van der Waals surface area contributed by atoms with Gasteiger partial charge in [0.25, 0.3) is 11.8 Å². The zero-order valence-corrected chi connectivity index (χ0v) is 22.0. The zero-order valence-electron chi connectivity index (χ0n) is 20.4. The van der Waals surface area contributed by atoms with Crippen molar-refractivity contribution in [3.63, 3.8) is 0 Å². The van der Waals surface area contributed by atoms with E-state index in [2.05, 4.69) is 12.2 Å². The minimum absolute atomic E-state index is 0.121. The molecule has 1 aliphatic rings. The van der Waals surface area contributed by atoms with Gasteiger partial charge in [-0.3, -0.25) is 14.5 Å². The summed E-state index contributed by atoms with van der Waals surface area (Å²) >= 11 is 6.75. The van der Waals surface area contributed by atoms with Gasteiger partial charge in [-0.05, 0) is 72.2 Å². The van der Waals surface area contributed by atoms with Crippen LogP contribution in [0.5, 0.6) is 5.75 Å². The third-order valence-corrected chi connectivity index (χ3v) is 6.89. The maximum absolute atomic E-state index is 13.1. The number of hydrogen-bond donors (Lipinski definition) is 1. The molecule has 1 saturated heterocycles. The van der Waals surface area contributed by atoms with Crippen molar-refractivity contribution >= 4 is 63.3 Å². The van der Waals surface area contributed by atoms with Crippen LogP contribution in [0.4, 0.5) is 17.1 Å². The fraction of sp³-hybridized carbons (Fsp3) is 0.179. The van der Waals surface area contributed by atoms with Crippen LogP contribution in [-0.2, 0) is 16.0 Å². The summed E-state index contributed by atoms with van der Waals surface area (Å²) in [6.07, 6.45) is 2.73. The summed E-state index contributed by atoms with van der Waals surface area (Å²) in [4.78, 5) is 29.5. The number of aryl methyl sites for hydroxylation is 1. The Labute approximate surface area is 220 Å². The Balaban J connectivity index is 1.40. The topological polar surface area (TPSA) is 61.9 Å². The highest BCUT2D eigenvalue weighted by Gasteiger charge is 2.33. The van der Waals surface area contributed by atoms with Crippen molar-refractivity contribution < 1.29 is 14.3 Å². The second kappa shape index (κ2) is 11.4. The number of nitrogens with one attached hydrogen (secondary N) is 1. The lowest BCUT2D eigenvalue weighted by Crippen LogP contribution is -2.27. The van der Waals surface area contributed by atoms with E-state index < -0.39 is 0 Å². The summed E-state index contributed by atoms with van der Waals surface area (Å²) in [5.41, 5.74) is 4.50. The van der Waals surface area contributed by atoms with Crippen LogP contribution in [0.2, 0.25) is 0 Å². The van der Waals surface area contributed by atoms with Crippen LogP contribution in [0.1, 0.15) is 18.1 Å². The van der Waals surface area contributed by atoms with E-state index in [4.69, 9.17) is 17.0 Å². The number of nitrogens with zero attached hydrogens (tertiary/aromatic N) is 2. The number of carbonyl (C=O) groups excluding carboxylic acids is 2. The number of rotatable bonds is 8. The second-order valence-electron chi connectivity index (χ2n) is 8.39. The molecule has 8 heteroatoms. The maximum atomic E-state index is 13.1. The Morgan fingerprint density at radius 1 is 1.08 bits per heavy atom. The minimum atomic E-state index is -0.245. The van der Waals surface area contributed by atoms with Crippen molar-refractivity contribution in [2.24, 2.45) is 0 Å². The highest BCUT2D eigenvalue weighted by Crippen LogP contribution is 2.36. The van der Waals surface area contributed by atoms with Crippen LogP contribution in [-0.4, -0.2) is 36.8 Å². The molecule has 1 aliphatic heterocycles. The van der Waals surface area contributed by atoms with Gasteiger partial charge in [-0.25, -0.2) is 0 Å². The van der Waals surface area contributed by atoms with Gasteiger partial charge in [0.2, 0.25) is 0 Å². The molecule has 3 aromatic carbocycles. The first-order chi connectivity index (χ1) is 17.3. The average molecular weight is 518 g/mol. The molecule has 3 aromatic rings. The lowest BCUT2D eigenvalue weighted by atomic mass is 10.1. The van der Waals surface area contributed by atoms with E-state index in [0.717, 1.165) is 29.0 Å². The molecule has 1 heterocycles. The Kier molecular flexibility index (Phi) is 8.07. The van der Waals surface area contributed by atoms with Gasteiger partial charge < -0.3 is 15.0 Å². The van der Waals surface area contributed by atoms with E-state index in [1.54, 1.807) is 23.1 Å². The third kappa shape index (κ3) is 6.13. The molecule has 0 aliphatic carbocycles. The lowest BCUT2D eigenvalue weighted by Gasteiger charge is -2.17. The maximum Gasteiger partial charge on any atom is 0.270 e. The van der Waals surface area contributed by atoms with Gasteiger partial charge in [0.05, 0.1) is 10.6 Å². The molecule has 2 amide bonds. The van der Waals surface area contributed by atoms with E-state index in [9.17, 15) is 9.59 Å². The zero-order chi connectivity index (χ0) is 25.7. The van der Waals surface area contributed by atoms with Gasteiger partial charge in [-0.15, -0.1) is 0 Å². The molecule has 0 unspecified atom stereocenters. The summed E-state index contributed by atoms with van der Waals surface area (Å²) in [6.45, 7) is 1.96. The number of carbonyl (C=O) groups is 2. The monoisotopic (exact) mass is 517 g/mol. The van der Waals surface area contributed by atoms with E-state index in [0.29, 0.717) is 15.0 Å². The van der Waals surface area contributed by atoms with Crippen LogP contribution in [0.3, 0.4) is 0 Å². The Hall–Kier alpha value is -3.62. The molecule has 0 aromatic heterocycles. The molecular weight excluding hydrogens is 490 g/mol. The molecule has 0 saturated carbocycles. The molecular formula is C28H27N3O3S2. The SMILES string of the molecule is CCc1ccc(NC(=O)COc2cccc(/C=C3\SC(=S)N(c4ccc(N(C)C)cc4)C3=O)c2)cc1. The summed E-state index contributed by atoms with van der Waals surface area (Å²) in [5.74, 6) is 0.128. The summed E-state index contributed by atoms with van der Waals surface area (Å²) in [5, 5.41) is 2.83. The number of ether oxygens (including phenoxy) is 1. The number of thiocarbonyl (C=S) groups is 1. The Morgan fingerprint density at radius 2 is 1.81 bits per heavy atom. The van der Waals surface area contributed by atoms with Crippen molar-refractivity contribution in [2.75, 3.05) is 35.8 Å². The smallest absolute Gasteiger partial charge is 0.270 e. The first-order valence-electron chi connectivity index (χ1n) is 11.5. The van der Waals surface area contributed by atoms with Crippen molar-refractivity contribution in [1.29, 1.82) is 0 Å². The van der Waals surface area contributed by atoms with Gasteiger partial charge >= 0.3 is 0 Å². The Morgan fingerprint density at radius 3 is 2.47 bits per heavy atom. The normalized spacial score (nSPS) is 14.3. The lowest BCUT2D eigenvalue weighted by molar-refractivity contribution is -0.118. The quantitative estimate of drug-likeness (QED) is 0.304. The number of anilines is 3. The molecule has 0 radical (unpaired) electrons. The van der Waals surface area contributed by atoms with Crippen LogP contribution in [0.25, 0.3) is 6.08 Å². The summed E-state index contributed by atoms with van der Waals surface area (Å²) in [6, 6.07) is 22.7. The van der Waals surface area contributed by atoms with Crippen molar-refractivity contribution in [3.8, 4) is 5.75 Å². The molecule has 0 atom stereocenters. The molecule has 1 N–H and O–H groups in total. The number of thioether (sulfide) groups is 1. The number of benzene rings is 3. The molecule has 36 heavy (non-hydrogen) atoms. The fourth-order valence-corrected chi connectivity index (χ4v) is 4.90. The molecule has 184 valence electrons. The predicted molar refractivity (Wildman–Crippen MR) is 153 cm³/mol. The fourth-order valence-electron chi connectivity index (χ4n) is 3.61. The largest absolute Gasteiger partial charge is 0.484 e. The molecule has 0 bridgehead atoms. The standard InChI is InChI=1S/C28H27N3O3S2/c1-4-19-8-10-21(11-9-19)29-26(32)18-34-24-7-5-6-20(16-24)17-25-27(33)31(28(35)36-25)23-14-12-22(13-15-23)30(2)3/h5-17H,4,18H2,1-3H3,(H,29,32)/b25-17-. The van der Waals surface area contributed by atoms with Crippen LogP contribution >= 0.6 is 24.0 Å². The first-order valence-corrected chi connectivity index (χ1v) is 12.7.